The minimum atomic E-state index is -0.116. The highest BCUT2D eigenvalue weighted by Crippen LogP contribution is 2.32. The van der Waals surface area contributed by atoms with Gasteiger partial charge in [-0.15, -0.1) is 0 Å². The molecule has 1 unspecified atom stereocenters. The number of allylic oxidation sites excluding steroid dienone is 1. The number of likely N-dealkylation sites (N-methyl/N-ethyl adjacent to an activating group) is 1. The molecule has 0 aliphatic heterocycles. The van der Waals surface area contributed by atoms with Crippen LogP contribution in [0.25, 0.3) is 22.0 Å². The second-order valence-electron chi connectivity index (χ2n) is 6.24. The van der Waals surface area contributed by atoms with Crippen LogP contribution in [0.5, 0.6) is 0 Å². The fraction of sp³-hybridized carbons (Fsp3) is 0.182. The molecule has 0 aliphatic carbocycles. The van der Waals surface area contributed by atoms with Gasteiger partial charge in [-0.2, -0.15) is 0 Å². The summed E-state index contributed by atoms with van der Waals surface area (Å²) in [5.41, 5.74) is 1.96. The van der Waals surface area contributed by atoms with Gasteiger partial charge < -0.3 is 4.90 Å². The minimum Gasteiger partial charge on any atom is -0.334 e. The van der Waals surface area contributed by atoms with E-state index in [1.165, 1.54) is 0 Å². The Labute approximate surface area is 158 Å². The van der Waals surface area contributed by atoms with Gasteiger partial charge in [0.1, 0.15) is 5.69 Å². The molecule has 0 radical (unpaired) electrons. The molecule has 0 bridgehead atoms. The number of pyridine rings is 1. The highest BCUT2D eigenvalue weighted by atomic mass is 35.5. The third kappa shape index (κ3) is 3.49. The van der Waals surface area contributed by atoms with Gasteiger partial charge in [0.05, 0.1) is 5.69 Å². The lowest BCUT2D eigenvalue weighted by molar-refractivity contribution is 0.0764. The molecule has 1 amide bonds. The average molecular weight is 365 g/mol. The Morgan fingerprint density at radius 3 is 2.58 bits per heavy atom. The van der Waals surface area contributed by atoms with Crippen molar-refractivity contribution in [1.29, 1.82) is 0 Å². The molecule has 4 heteroatoms. The average Bonchev–Trinajstić information content (AvgIpc) is 2.66. The monoisotopic (exact) mass is 364 g/mol. The van der Waals surface area contributed by atoms with Crippen molar-refractivity contribution < 1.29 is 4.79 Å². The minimum absolute atomic E-state index is 0.00969. The fourth-order valence-corrected chi connectivity index (χ4v) is 3.17. The van der Waals surface area contributed by atoms with Crippen molar-refractivity contribution in [3.63, 3.8) is 0 Å². The van der Waals surface area contributed by atoms with Gasteiger partial charge in [0, 0.05) is 29.1 Å². The second-order valence-corrected chi connectivity index (χ2v) is 6.65. The number of amides is 1. The van der Waals surface area contributed by atoms with Gasteiger partial charge in [-0.1, -0.05) is 66.2 Å². The molecule has 3 aromatic rings. The van der Waals surface area contributed by atoms with E-state index in [-0.39, 0.29) is 11.9 Å². The number of carbonyl (C=O) groups is 1. The molecular weight excluding hydrogens is 344 g/mol. The van der Waals surface area contributed by atoms with E-state index in [0.717, 1.165) is 22.0 Å². The van der Waals surface area contributed by atoms with E-state index >= 15 is 0 Å². The van der Waals surface area contributed by atoms with Crippen LogP contribution in [0.3, 0.4) is 0 Å². The second kappa shape index (κ2) is 7.71. The molecule has 132 valence electrons. The van der Waals surface area contributed by atoms with Crippen LogP contribution in [-0.4, -0.2) is 28.9 Å². The number of benzene rings is 2. The van der Waals surface area contributed by atoms with Gasteiger partial charge in [-0.3, -0.25) is 4.79 Å². The Bertz CT molecular complexity index is 981. The van der Waals surface area contributed by atoms with Crippen LogP contribution in [-0.2, 0) is 0 Å². The van der Waals surface area contributed by atoms with Crippen molar-refractivity contribution in [2.75, 3.05) is 7.05 Å². The smallest absolute Gasteiger partial charge is 0.272 e. The van der Waals surface area contributed by atoms with Crippen molar-refractivity contribution in [1.82, 2.24) is 9.88 Å². The summed E-state index contributed by atoms with van der Waals surface area (Å²) in [6, 6.07) is 17.3. The third-order valence-corrected chi connectivity index (χ3v) is 4.82. The molecule has 0 N–H and O–H groups in total. The van der Waals surface area contributed by atoms with Crippen LogP contribution >= 0.6 is 11.6 Å². The van der Waals surface area contributed by atoms with Crippen LogP contribution in [0.4, 0.5) is 0 Å². The van der Waals surface area contributed by atoms with Crippen LogP contribution in [0.15, 0.2) is 66.7 Å². The topological polar surface area (TPSA) is 33.2 Å². The third-order valence-electron chi connectivity index (χ3n) is 4.49. The Kier molecular flexibility index (Phi) is 5.38. The lowest BCUT2D eigenvalue weighted by Gasteiger charge is -2.22. The zero-order valence-electron chi connectivity index (χ0n) is 15.1. The highest BCUT2D eigenvalue weighted by molar-refractivity contribution is 6.33. The molecule has 0 aliphatic rings. The maximum absolute atomic E-state index is 13.0. The van der Waals surface area contributed by atoms with Gasteiger partial charge >= 0.3 is 0 Å². The first-order valence-corrected chi connectivity index (χ1v) is 8.95. The van der Waals surface area contributed by atoms with Gasteiger partial charge in [-0.25, -0.2) is 4.98 Å². The first kappa shape index (κ1) is 18.2. The Morgan fingerprint density at radius 1 is 1.15 bits per heavy atom. The standard InChI is InChI=1S/C22H21ClN2O/c1-4-9-15(2)25(3)22(26)20-14-16-10-5-6-11-17(16)21(24-20)18-12-7-8-13-19(18)23/h4-15H,1-3H3/b9-4+. The van der Waals surface area contributed by atoms with Gasteiger partial charge in [0.2, 0.25) is 0 Å². The van der Waals surface area contributed by atoms with E-state index in [9.17, 15) is 4.79 Å². The summed E-state index contributed by atoms with van der Waals surface area (Å²) in [5.74, 6) is -0.116. The molecule has 1 atom stereocenters. The Morgan fingerprint density at radius 2 is 1.85 bits per heavy atom. The molecule has 0 spiro atoms. The molecular formula is C22H21ClN2O. The molecule has 0 fully saturated rings. The van der Waals surface area contributed by atoms with Crippen LogP contribution in [0.2, 0.25) is 5.02 Å². The van der Waals surface area contributed by atoms with Gasteiger partial charge in [-0.05, 0) is 31.4 Å². The SMILES string of the molecule is C/C=C/C(C)N(C)C(=O)c1cc2ccccc2c(-c2ccccc2Cl)n1. The maximum atomic E-state index is 13.0. The van der Waals surface area contributed by atoms with E-state index < -0.39 is 0 Å². The fourth-order valence-electron chi connectivity index (χ4n) is 2.94. The van der Waals surface area contributed by atoms with Crippen LogP contribution < -0.4 is 0 Å². The lowest BCUT2D eigenvalue weighted by atomic mass is 10.0. The van der Waals surface area contributed by atoms with Crippen molar-refractivity contribution in [3.8, 4) is 11.3 Å². The first-order chi connectivity index (χ1) is 12.5. The number of hydrogen-bond acceptors (Lipinski definition) is 2. The van der Waals surface area contributed by atoms with Crippen molar-refractivity contribution in [2.24, 2.45) is 0 Å². The van der Waals surface area contributed by atoms with Gasteiger partial charge in [0.25, 0.3) is 5.91 Å². The quantitative estimate of drug-likeness (QED) is 0.565. The summed E-state index contributed by atoms with van der Waals surface area (Å²) in [6.45, 7) is 3.92. The first-order valence-electron chi connectivity index (χ1n) is 8.57. The highest BCUT2D eigenvalue weighted by Gasteiger charge is 2.20. The Hall–Kier alpha value is -2.65. The van der Waals surface area contributed by atoms with Crippen LogP contribution in [0.1, 0.15) is 24.3 Å². The van der Waals surface area contributed by atoms with Gasteiger partial charge in [0.15, 0.2) is 0 Å². The zero-order chi connectivity index (χ0) is 18.7. The Balaban J connectivity index is 2.17. The predicted octanol–water partition coefficient (Wildman–Crippen LogP) is 5.59. The molecule has 0 saturated carbocycles. The van der Waals surface area contributed by atoms with E-state index in [0.29, 0.717) is 10.7 Å². The van der Waals surface area contributed by atoms with Crippen molar-refractivity contribution in [2.45, 2.75) is 19.9 Å². The summed E-state index contributed by atoms with van der Waals surface area (Å²) in [7, 11) is 1.79. The van der Waals surface area contributed by atoms with Crippen molar-refractivity contribution >= 4 is 28.3 Å². The maximum Gasteiger partial charge on any atom is 0.272 e. The van der Waals surface area contributed by atoms with Crippen LogP contribution in [0, 0.1) is 0 Å². The largest absolute Gasteiger partial charge is 0.334 e. The lowest BCUT2D eigenvalue weighted by Crippen LogP contribution is -2.34. The number of carbonyl (C=O) groups excluding carboxylic acids is 1. The van der Waals surface area contributed by atoms with E-state index in [1.807, 2.05) is 80.6 Å². The normalized spacial score (nSPS) is 12.5. The molecule has 0 saturated heterocycles. The number of hydrogen-bond donors (Lipinski definition) is 0. The number of aromatic nitrogens is 1. The molecule has 26 heavy (non-hydrogen) atoms. The molecule has 2 aromatic carbocycles. The summed E-state index contributed by atoms with van der Waals surface area (Å²) in [5, 5.41) is 2.56. The zero-order valence-corrected chi connectivity index (χ0v) is 15.9. The number of halogens is 1. The van der Waals surface area contributed by atoms with E-state index in [2.05, 4.69) is 0 Å². The number of nitrogens with zero attached hydrogens (tertiary/aromatic N) is 2. The molecule has 1 heterocycles. The summed E-state index contributed by atoms with van der Waals surface area (Å²) in [4.78, 5) is 19.4. The van der Waals surface area contributed by atoms with E-state index in [1.54, 1.807) is 11.9 Å². The number of rotatable bonds is 4. The molecule has 3 rings (SSSR count). The van der Waals surface area contributed by atoms with Crippen molar-refractivity contribution in [3.05, 3.63) is 77.5 Å². The molecule has 1 aromatic heterocycles. The predicted molar refractivity (Wildman–Crippen MR) is 109 cm³/mol. The summed E-state index contributed by atoms with van der Waals surface area (Å²) in [6.07, 6.45) is 3.92. The summed E-state index contributed by atoms with van der Waals surface area (Å²) < 4.78 is 0. The number of fused-ring (bicyclic) bond motifs is 1. The molecule has 3 nitrogen and oxygen atoms in total. The summed E-state index contributed by atoms with van der Waals surface area (Å²) >= 11 is 6.40. The van der Waals surface area contributed by atoms with E-state index in [4.69, 9.17) is 16.6 Å².